The highest BCUT2D eigenvalue weighted by Crippen LogP contribution is 2.34. The van der Waals surface area contributed by atoms with Gasteiger partial charge in [-0.1, -0.05) is 46.3 Å². The fourth-order valence-electron chi connectivity index (χ4n) is 2.03. The minimum atomic E-state index is -0.324. The minimum absolute atomic E-state index is 0.0455. The molecule has 2 aromatic rings. The summed E-state index contributed by atoms with van der Waals surface area (Å²) in [5, 5.41) is 9.33. The van der Waals surface area contributed by atoms with Crippen LogP contribution in [0, 0.1) is 11.3 Å². The van der Waals surface area contributed by atoms with E-state index in [4.69, 9.17) is 9.47 Å². The van der Waals surface area contributed by atoms with Crippen molar-refractivity contribution in [2.75, 3.05) is 14.2 Å². The number of hydrogen-bond acceptors (Lipinski definition) is 4. The minimum Gasteiger partial charge on any atom is -0.493 e. The molecule has 5 heteroatoms. The molecule has 23 heavy (non-hydrogen) atoms. The van der Waals surface area contributed by atoms with Gasteiger partial charge in [0.15, 0.2) is 11.5 Å². The predicted molar refractivity (Wildman–Crippen MR) is 91.6 cm³/mol. The van der Waals surface area contributed by atoms with Crippen LogP contribution in [0.15, 0.2) is 52.5 Å². The normalized spacial score (nSPS) is 10.8. The Labute approximate surface area is 143 Å². The van der Waals surface area contributed by atoms with Crippen LogP contribution in [0.1, 0.15) is 15.9 Å². The number of benzene rings is 2. The van der Waals surface area contributed by atoms with Gasteiger partial charge < -0.3 is 9.47 Å². The van der Waals surface area contributed by atoms with E-state index >= 15 is 0 Å². The molecule has 0 aliphatic heterocycles. The fraction of sp³-hybridized carbons (Fsp3) is 0.111. The number of ketones is 1. The Balaban J connectivity index is 2.47. The van der Waals surface area contributed by atoms with E-state index in [1.54, 1.807) is 43.5 Å². The van der Waals surface area contributed by atoms with Crippen molar-refractivity contribution in [2.24, 2.45) is 0 Å². The molecule has 116 valence electrons. The highest BCUT2D eigenvalue weighted by atomic mass is 79.9. The molecule has 0 radical (unpaired) electrons. The van der Waals surface area contributed by atoms with Crippen molar-refractivity contribution in [3.05, 3.63) is 63.6 Å². The predicted octanol–water partition coefficient (Wildman–Crippen LogP) is 4.26. The van der Waals surface area contributed by atoms with Gasteiger partial charge in [0.05, 0.1) is 14.2 Å². The second-order valence-corrected chi connectivity index (χ2v) is 5.45. The van der Waals surface area contributed by atoms with Crippen LogP contribution in [-0.2, 0) is 0 Å². The maximum absolute atomic E-state index is 12.4. The Morgan fingerprint density at radius 3 is 2.30 bits per heavy atom. The molecule has 0 N–H and O–H groups in total. The van der Waals surface area contributed by atoms with Crippen molar-refractivity contribution in [2.45, 2.75) is 0 Å². The van der Waals surface area contributed by atoms with Crippen LogP contribution >= 0.6 is 15.9 Å². The second-order valence-electron chi connectivity index (χ2n) is 4.59. The Morgan fingerprint density at radius 1 is 1.13 bits per heavy atom. The molecular formula is C18H14BrNO3. The van der Waals surface area contributed by atoms with Crippen LogP contribution in [0.4, 0.5) is 0 Å². The SMILES string of the molecule is COc1cc(Br)c(/C=C(\C#N)C(=O)c2ccccc2)cc1OC. The van der Waals surface area contributed by atoms with Crippen molar-refractivity contribution >= 4 is 27.8 Å². The van der Waals surface area contributed by atoms with Crippen LogP contribution in [-0.4, -0.2) is 20.0 Å². The lowest BCUT2D eigenvalue weighted by molar-refractivity contribution is 0.104. The maximum Gasteiger partial charge on any atom is 0.203 e. The van der Waals surface area contributed by atoms with E-state index in [9.17, 15) is 10.1 Å². The molecule has 0 aliphatic rings. The highest BCUT2D eigenvalue weighted by molar-refractivity contribution is 9.10. The van der Waals surface area contributed by atoms with E-state index in [2.05, 4.69) is 15.9 Å². The Morgan fingerprint density at radius 2 is 1.74 bits per heavy atom. The van der Waals surface area contributed by atoms with Crippen LogP contribution in [0.3, 0.4) is 0 Å². The first-order valence-electron chi connectivity index (χ1n) is 6.73. The Hall–Kier alpha value is -2.58. The monoisotopic (exact) mass is 371 g/mol. The number of rotatable bonds is 5. The lowest BCUT2D eigenvalue weighted by Crippen LogP contribution is -2.01. The molecule has 0 aromatic heterocycles. The number of nitriles is 1. The number of hydrogen-bond donors (Lipinski definition) is 0. The van der Waals surface area contributed by atoms with Gasteiger partial charge in [0.25, 0.3) is 0 Å². The van der Waals surface area contributed by atoms with Crippen molar-refractivity contribution in [1.82, 2.24) is 0 Å². The molecular weight excluding hydrogens is 358 g/mol. The van der Waals surface area contributed by atoms with E-state index in [-0.39, 0.29) is 11.4 Å². The molecule has 0 saturated heterocycles. The molecule has 0 aliphatic carbocycles. The third-order valence-corrected chi connectivity index (χ3v) is 3.89. The molecule has 0 spiro atoms. The summed E-state index contributed by atoms with van der Waals surface area (Å²) in [6.45, 7) is 0. The van der Waals surface area contributed by atoms with E-state index in [1.807, 2.05) is 12.1 Å². The number of carbonyl (C=O) groups is 1. The maximum atomic E-state index is 12.4. The second kappa shape index (κ2) is 7.61. The molecule has 2 rings (SSSR count). The van der Waals surface area contributed by atoms with Gasteiger partial charge in [0.1, 0.15) is 11.6 Å². The molecule has 0 fully saturated rings. The Bertz CT molecular complexity index is 792. The molecule has 0 unspecified atom stereocenters. The summed E-state index contributed by atoms with van der Waals surface area (Å²) in [6, 6.07) is 14.1. The van der Waals surface area contributed by atoms with Crippen LogP contribution in [0.2, 0.25) is 0 Å². The van der Waals surface area contributed by atoms with E-state index in [0.29, 0.717) is 27.1 Å². The molecule has 0 saturated carbocycles. The first-order valence-corrected chi connectivity index (χ1v) is 7.53. The van der Waals surface area contributed by atoms with Crippen molar-refractivity contribution in [3.8, 4) is 17.6 Å². The van der Waals surface area contributed by atoms with Gasteiger partial charge in [-0.05, 0) is 23.8 Å². The average molecular weight is 372 g/mol. The number of Topliss-reactive ketones (excluding diaryl/α,β-unsaturated/α-hetero) is 1. The average Bonchev–Trinajstić information content (AvgIpc) is 2.60. The summed E-state index contributed by atoms with van der Waals surface area (Å²) in [6.07, 6.45) is 1.53. The summed E-state index contributed by atoms with van der Waals surface area (Å²) in [4.78, 5) is 12.4. The topological polar surface area (TPSA) is 59.3 Å². The molecule has 2 aromatic carbocycles. The van der Waals surface area contributed by atoms with Gasteiger partial charge in [0, 0.05) is 10.0 Å². The van der Waals surface area contributed by atoms with Gasteiger partial charge >= 0.3 is 0 Å². The molecule has 0 atom stereocenters. The summed E-state index contributed by atoms with van der Waals surface area (Å²) in [5.41, 5.74) is 1.17. The van der Waals surface area contributed by atoms with E-state index < -0.39 is 0 Å². The summed E-state index contributed by atoms with van der Waals surface area (Å²) in [7, 11) is 3.07. The molecule has 0 bridgehead atoms. The number of carbonyl (C=O) groups excluding carboxylic acids is 1. The molecule has 0 amide bonds. The standard InChI is InChI=1S/C18H14BrNO3/c1-22-16-9-13(15(19)10-17(16)23-2)8-14(11-20)18(21)12-6-4-3-5-7-12/h3-10H,1-2H3/b14-8+. The number of halogens is 1. The van der Waals surface area contributed by atoms with Gasteiger partial charge in [-0.3, -0.25) is 4.79 Å². The van der Waals surface area contributed by atoms with Crippen molar-refractivity contribution < 1.29 is 14.3 Å². The largest absolute Gasteiger partial charge is 0.493 e. The quantitative estimate of drug-likeness (QED) is 0.447. The fourth-order valence-corrected chi connectivity index (χ4v) is 2.47. The zero-order chi connectivity index (χ0) is 16.8. The van der Waals surface area contributed by atoms with Gasteiger partial charge in [-0.15, -0.1) is 0 Å². The van der Waals surface area contributed by atoms with Gasteiger partial charge in [-0.25, -0.2) is 0 Å². The number of allylic oxidation sites excluding steroid dienone is 1. The Kier molecular flexibility index (Phi) is 5.56. The van der Waals surface area contributed by atoms with E-state index in [1.165, 1.54) is 13.2 Å². The third kappa shape index (κ3) is 3.79. The zero-order valence-electron chi connectivity index (χ0n) is 12.7. The summed E-state index contributed by atoms with van der Waals surface area (Å²) in [5.74, 6) is 0.755. The van der Waals surface area contributed by atoms with Crippen LogP contribution in [0.5, 0.6) is 11.5 Å². The zero-order valence-corrected chi connectivity index (χ0v) is 14.3. The van der Waals surface area contributed by atoms with Crippen LogP contribution < -0.4 is 9.47 Å². The number of nitrogens with zero attached hydrogens (tertiary/aromatic N) is 1. The summed E-state index contributed by atoms with van der Waals surface area (Å²) < 4.78 is 11.2. The molecule has 4 nitrogen and oxygen atoms in total. The summed E-state index contributed by atoms with van der Waals surface area (Å²) >= 11 is 3.41. The number of methoxy groups -OCH3 is 2. The van der Waals surface area contributed by atoms with Gasteiger partial charge in [0.2, 0.25) is 5.78 Å². The lowest BCUT2D eigenvalue weighted by atomic mass is 10.0. The first-order chi connectivity index (χ1) is 11.1. The van der Waals surface area contributed by atoms with Crippen molar-refractivity contribution in [3.63, 3.8) is 0 Å². The lowest BCUT2D eigenvalue weighted by Gasteiger charge is -2.10. The van der Waals surface area contributed by atoms with E-state index in [0.717, 1.165) is 0 Å². The van der Waals surface area contributed by atoms with Crippen molar-refractivity contribution in [1.29, 1.82) is 5.26 Å². The highest BCUT2D eigenvalue weighted by Gasteiger charge is 2.14. The van der Waals surface area contributed by atoms with Gasteiger partial charge in [-0.2, -0.15) is 5.26 Å². The molecule has 0 heterocycles. The number of ether oxygens (including phenoxy) is 2. The smallest absolute Gasteiger partial charge is 0.203 e. The third-order valence-electron chi connectivity index (χ3n) is 3.20. The first kappa shape index (κ1) is 16.8. The van der Waals surface area contributed by atoms with Crippen LogP contribution in [0.25, 0.3) is 6.08 Å².